The molecule has 2 N–H and O–H groups in total. The molecule has 0 aliphatic heterocycles. The van der Waals surface area contributed by atoms with Gasteiger partial charge in [-0.1, -0.05) is 0 Å². The van der Waals surface area contributed by atoms with E-state index in [1.54, 1.807) is 18.3 Å². The van der Waals surface area contributed by atoms with Gasteiger partial charge in [-0.25, -0.2) is 4.79 Å². The highest BCUT2D eigenvalue weighted by molar-refractivity contribution is 5.96. The second-order valence-electron chi connectivity index (χ2n) is 4.11. The van der Waals surface area contributed by atoms with Gasteiger partial charge >= 0.3 is 5.97 Å². The smallest absolute Gasteiger partial charge is 0.338 e. The first-order chi connectivity index (χ1) is 9.47. The molecule has 0 aliphatic rings. The van der Waals surface area contributed by atoms with Crippen molar-refractivity contribution in [2.24, 2.45) is 0 Å². The fourth-order valence-corrected chi connectivity index (χ4v) is 1.63. The molecule has 0 spiro atoms. The molecule has 0 aliphatic carbocycles. The summed E-state index contributed by atoms with van der Waals surface area (Å²) < 4.78 is 0. The molecule has 7 heteroatoms. The molecule has 0 saturated heterocycles. The molecule has 0 bridgehead atoms. The number of benzene rings is 1. The largest absolute Gasteiger partial charge is 0.478 e. The normalized spacial score (nSPS) is 10.1. The lowest BCUT2D eigenvalue weighted by Crippen LogP contribution is -2.04. The summed E-state index contributed by atoms with van der Waals surface area (Å²) in [5.41, 5.74) is 1.27. The number of nitro benzene ring substituents is 1. The van der Waals surface area contributed by atoms with E-state index in [0.717, 1.165) is 11.8 Å². The van der Waals surface area contributed by atoms with Crippen molar-refractivity contribution in [1.82, 2.24) is 4.98 Å². The minimum Gasteiger partial charge on any atom is -0.478 e. The third-order valence-electron chi connectivity index (χ3n) is 2.63. The summed E-state index contributed by atoms with van der Waals surface area (Å²) in [4.78, 5) is 25.3. The van der Waals surface area contributed by atoms with Crippen molar-refractivity contribution >= 4 is 23.0 Å². The number of non-ortho nitro benzene ring substituents is 1. The lowest BCUT2D eigenvalue weighted by molar-refractivity contribution is -0.384. The van der Waals surface area contributed by atoms with E-state index in [4.69, 9.17) is 5.11 Å². The van der Waals surface area contributed by atoms with E-state index in [9.17, 15) is 14.9 Å². The Bertz CT molecular complexity index is 668. The summed E-state index contributed by atoms with van der Waals surface area (Å²) in [6.07, 6.45) is 1.56. The number of rotatable bonds is 4. The Hall–Kier alpha value is -2.96. The van der Waals surface area contributed by atoms with Gasteiger partial charge in [0.1, 0.15) is 0 Å². The van der Waals surface area contributed by atoms with Crippen LogP contribution in [0.2, 0.25) is 0 Å². The van der Waals surface area contributed by atoms with Gasteiger partial charge in [0.05, 0.1) is 28.1 Å². The Morgan fingerprint density at radius 2 is 2.10 bits per heavy atom. The summed E-state index contributed by atoms with van der Waals surface area (Å²) in [5.74, 6) is -1.24. The number of nitro groups is 1. The van der Waals surface area contributed by atoms with Gasteiger partial charge < -0.3 is 10.4 Å². The minimum atomic E-state index is -1.24. The average Bonchev–Trinajstić information content (AvgIpc) is 2.41. The molecule has 102 valence electrons. The summed E-state index contributed by atoms with van der Waals surface area (Å²) in [5, 5.41) is 22.7. The van der Waals surface area contributed by atoms with Gasteiger partial charge in [-0.05, 0) is 25.1 Å². The Kier molecular flexibility index (Phi) is 3.60. The van der Waals surface area contributed by atoms with E-state index >= 15 is 0 Å². The third-order valence-corrected chi connectivity index (χ3v) is 2.63. The molecule has 0 atom stereocenters. The van der Waals surface area contributed by atoms with E-state index in [2.05, 4.69) is 10.3 Å². The van der Waals surface area contributed by atoms with Crippen LogP contribution in [0.5, 0.6) is 0 Å². The van der Waals surface area contributed by atoms with Gasteiger partial charge in [-0.3, -0.25) is 15.1 Å². The first-order valence-corrected chi connectivity index (χ1v) is 5.69. The monoisotopic (exact) mass is 273 g/mol. The van der Waals surface area contributed by atoms with Crippen molar-refractivity contribution in [3.63, 3.8) is 0 Å². The van der Waals surface area contributed by atoms with Gasteiger partial charge in [0.25, 0.3) is 5.69 Å². The van der Waals surface area contributed by atoms with Crippen molar-refractivity contribution in [2.75, 3.05) is 5.32 Å². The van der Waals surface area contributed by atoms with Crippen molar-refractivity contribution in [1.29, 1.82) is 0 Å². The average molecular weight is 273 g/mol. The van der Waals surface area contributed by atoms with Crippen LogP contribution < -0.4 is 5.32 Å². The van der Waals surface area contributed by atoms with Gasteiger partial charge in [-0.2, -0.15) is 0 Å². The number of hydrogen-bond acceptors (Lipinski definition) is 5. The van der Waals surface area contributed by atoms with Gasteiger partial charge in [0.2, 0.25) is 0 Å². The Labute approximate surface area is 114 Å². The summed E-state index contributed by atoms with van der Waals surface area (Å²) in [6.45, 7) is 1.83. The number of carboxylic acids is 1. The predicted octanol–water partition coefficient (Wildman–Crippen LogP) is 2.74. The van der Waals surface area contributed by atoms with Crippen LogP contribution in [0.15, 0.2) is 36.5 Å². The van der Waals surface area contributed by atoms with E-state index in [1.807, 2.05) is 6.92 Å². The molecule has 2 aromatic rings. The molecule has 0 unspecified atom stereocenters. The summed E-state index contributed by atoms with van der Waals surface area (Å²) in [7, 11) is 0. The maximum Gasteiger partial charge on any atom is 0.338 e. The van der Waals surface area contributed by atoms with E-state index in [1.165, 1.54) is 12.1 Å². The first-order valence-electron chi connectivity index (χ1n) is 5.69. The highest BCUT2D eigenvalue weighted by Crippen LogP contribution is 2.25. The van der Waals surface area contributed by atoms with Gasteiger partial charge in [-0.15, -0.1) is 0 Å². The molecule has 7 nitrogen and oxygen atoms in total. The van der Waals surface area contributed by atoms with E-state index in [0.29, 0.717) is 5.69 Å². The topological polar surface area (TPSA) is 105 Å². The van der Waals surface area contributed by atoms with Crippen molar-refractivity contribution in [3.8, 4) is 0 Å². The van der Waals surface area contributed by atoms with Crippen LogP contribution in [0.3, 0.4) is 0 Å². The van der Waals surface area contributed by atoms with Crippen LogP contribution in [0.1, 0.15) is 16.1 Å². The van der Waals surface area contributed by atoms with Crippen LogP contribution in [0, 0.1) is 17.0 Å². The number of carboxylic acid groups (broad SMARTS) is 1. The van der Waals surface area contributed by atoms with E-state index < -0.39 is 10.9 Å². The molecule has 0 amide bonds. The molecule has 2 rings (SSSR count). The fourth-order valence-electron chi connectivity index (χ4n) is 1.63. The zero-order valence-electron chi connectivity index (χ0n) is 10.5. The molecule has 0 saturated carbocycles. The van der Waals surface area contributed by atoms with Gasteiger partial charge in [0, 0.05) is 17.8 Å². The van der Waals surface area contributed by atoms with Crippen LogP contribution in [-0.4, -0.2) is 21.0 Å². The number of carbonyl (C=O) groups is 1. The second kappa shape index (κ2) is 5.35. The molecule has 1 aromatic carbocycles. The lowest BCUT2D eigenvalue weighted by atomic mass is 10.1. The molecule has 1 heterocycles. The number of anilines is 2. The van der Waals surface area contributed by atoms with Crippen molar-refractivity contribution in [2.45, 2.75) is 6.92 Å². The summed E-state index contributed by atoms with van der Waals surface area (Å²) in [6, 6.07) is 7.15. The zero-order chi connectivity index (χ0) is 14.7. The number of hydrogen-bond donors (Lipinski definition) is 2. The highest BCUT2D eigenvalue weighted by atomic mass is 16.6. The molecule has 1 aromatic heterocycles. The summed E-state index contributed by atoms with van der Waals surface area (Å²) >= 11 is 0. The maximum atomic E-state index is 11.2. The standard InChI is InChI=1S/C13H11N3O4/c1-8-2-3-9(7-14-8)15-12-5-4-10(16(19)20)6-11(12)13(17)18/h2-7,15H,1H3,(H,17,18). The third kappa shape index (κ3) is 2.89. The number of pyridine rings is 1. The first kappa shape index (κ1) is 13.5. The molecular formula is C13H11N3O4. The number of aryl methyl sites for hydroxylation is 1. The molecule has 0 fully saturated rings. The van der Waals surface area contributed by atoms with Gasteiger partial charge in [0.15, 0.2) is 0 Å². The lowest BCUT2D eigenvalue weighted by Gasteiger charge is -2.09. The maximum absolute atomic E-state index is 11.2. The number of aromatic carboxylic acids is 1. The van der Waals surface area contributed by atoms with E-state index in [-0.39, 0.29) is 16.9 Å². The Balaban J connectivity index is 2.38. The highest BCUT2D eigenvalue weighted by Gasteiger charge is 2.16. The van der Waals surface area contributed by atoms with Crippen LogP contribution in [0.25, 0.3) is 0 Å². The molecule has 0 radical (unpaired) electrons. The second-order valence-corrected chi connectivity index (χ2v) is 4.11. The van der Waals surface area contributed by atoms with Crippen molar-refractivity contribution in [3.05, 3.63) is 57.9 Å². The Morgan fingerprint density at radius 1 is 1.35 bits per heavy atom. The number of nitrogens with one attached hydrogen (secondary N) is 1. The number of nitrogens with zero attached hydrogens (tertiary/aromatic N) is 2. The predicted molar refractivity (Wildman–Crippen MR) is 72.3 cm³/mol. The molecule has 20 heavy (non-hydrogen) atoms. The quantitative estimate of drug-likeness (QED) is 0.655. The minimum absolute atomic E-state index is 0.167. The SMILES string of the molecule is Cc1ccc(Nc2ccc([N+](=O)[O-])cc2C(=O)O)cn1. The van der Waals surface area contributed by atoms with Crippen LogP contribution >= 0.6 is 0 Å². The molecular weight excluding hydrogens is 262 g/mol. The number of aromatic nitrogens is 1. The van der Waals surface area contributed by atoms with Crippen LogP contribution in [-0.2, 0) is 0 Å². The Morgan fingerprint density at radius 3 is 2.65 bits per heavy atom. The van der Waals surface area contributed by atoms with Crippen molar-refractivity contribution < 1.29 is 14.8 Å². The fraction of sp³-hybridized carbons (Fsp3) is 0.0769. The van der Waals surface area contributed by atoms with Crippen LogP contribution in [0.4, 0.5) is 17.1 Å². The zero-order valence-corrected chi connectivity index (χ0v) is 10.5.